The number of imidazole rings is 1. The van der Waals surface area contributed by atoms with Crippen LogP contribution in [0, 0.1) is 11.8 Å². The molecule has 1 saturated heterocycles. The number of nitrogens with one attached hydrogen (secondary N) is 1. The van der Waals surface area contributed by atoms with Crippen molar-refractivity contribution >= 4 is 5.95 Å². The molecule has 4 heteroatoms. The number of hydrogen-bond acceptors (Lipinski definition) is 3. The Kier molecular flexibility index (Phi) is 4.42. The summed E-state index contributed by atoms with van der Waals surface area (Å²) in [5.74, 6) is 2.26. The van der Waals surface area contributed by atoms with Crippen molar-refractivity contribution in [3.63, 3.8) is 0 Å². The van der Waals surface area contributed by atoms with Gasteiger partial charge in [-0.05, 0) is 18.8 Å². The smallest absolute Gasteiger partial charge is 0.202 e. The molecular weight excluding hydrogens is 214 g/mol. The maximum atomic E-state index is 5.51. The van der Waals surface area contributed by atoms with Crippen LogP contribution in [0.1, 0.15) is 26.7 Å². The zero-order valence-electron chi connectivity index (χ0n) is 10.9. The molecular formula is C13H23N3O. The Labute approximate surface area is 103 Å². The third-order valence-corrected chi connectivity index (χ3v) is 3.09. The molecule has 1 unspecified atom stereocenters. The first-order valence-electron chi connectivity index (χ1n) is 6.58. The monoisotopic (exact) mass is 237 g/mol. The van der Waals surface area contributed by atoms with Crippen LogP contribution in [-0.2, 0) is 11.3 Å². The maximum absolute atomic E-state index is 5.51. The van der Waals surface area contributed by atoms with Crippen molar-refractivity contribution in [3.8, 4) is 0 Å². The highest BCUT2D eigenvalue weighted by Gasteiger charge is 2.15. The molecule has 96 valence electrons. The van der Waals surface area contributed by atoms with Crippen molar-refractivity contribution in [3.05, 3.63) is 12.4 Å². The average Bonchev–Trinajstić information content (AvgIpc) is 2.75. The summed E-state index contributed by atoms with van der Waals surface area (Å²) in [5.41, 5.74) is 0. The van der Waals surface area contributed by atoms with E-state index in [4.69, 9.17) is 4.74 Å². The van der Waals surface area contributed by atoms with Crippen molar-refractivity contribution in [1.29, 1.82) is 0 Å². The van der Waals surface area contributed by atoms with Gasteiger partial charge in [-0.2, -0.15) is 0 Å². The summed E-state index contributed by atoms with van der Waals surface area (Å²) in [4.78, 5) is 4.36. The number of rotatable bonds is 5. The van der Waals surface area contributed by atoms with Crippen molar-refractivity contribution in [2.75, 3.05) is 25.1 Å². The fraction of sp³-hybridized carbons (Fsp3) is 0.769. The highest BCUT2D eigenvalue weighted by molar-refractivity contribution is 5.25. The van der Waals surface area contributed by atoms with E-state index in [1.165, 1.54) is 12.8 Å². The fourth-order valence-corrected chi connectivity index (χ4v) is 2.15. The van der Waals surface area contributed by atoms with Crippen LogP contribution >= 0.6 is 0 Å². The minimum Gasteiger partial charge on any atom is -0.381 e. The molecule has 2 rings (SSSR count). The van der Waals surface area contributed by atoms with E-state index in [1.54, 1.807) is 0 Å². The predicted octanol–water partition coefficient (Wildman–Crippen LogP) is 2.38. The SMILES string of the molecule is CC(C)CNc1nccn1CC1CCCOC1. The van der Waals surface area contributed by atoms with Crippen molar-refractivity contribution < 1.29 is 4.74 Å². The molecule has 0 spiro atoms. The minimum atomic E-state index is 0.637. The van der Waals surface area contributed by atoms with Gasteiger partial charge in [0.25, 0.3) is 0 Å². The van der Waals surface area contributed by atoms with Gasteiger partial charge in [0, 0.05) is 38.0 Å². The van der Waals surface area contributed by atoms with Crippen LogP contribution in [0.2, 0.25) is 0 Å². The molecule has 1 aliphatic rings. The largest absolute Gasteiger partial charge is 0.381 e. The summed E-state index contributed by atoms with van der Waals surface area (Å²) >= 11 is 0. The second-order valence-electron chi connectivity index (χ2n) is 5.26. The van der Waals surface area contributed by atoms with Crippen molar-refractivity contribution in [1.82, 2.24) is 9.55 Å². The molecule has 0 radical (unpaired) electrons. The molecule has 1 fully saturated rings. The molecule has 1 aromatic heterocycles. The van der Waals surface area contributed by atoms with Gasteiger partial charge in [-0.1, -0.05) is 13.8 Å². The van der Waals surface area contributed by atoms with Crippen LogP contribution in [0.15, 0.2) is 12.4 Å². The second kappa shape index (κ2) is 6.05. The molecule has 1 N–H and O–H groups in total. The second-order valence-corrected chi connectivity index (χ2v) is 5.26. The maximum Gasteiger partial charge on any atom is 0.202 e. The molecule has 1 aliphatic heterocycles. The van der Waals surface area contributed by atoms with Crippen LogP contribution < -0.4 is 5.32 Å². The van der Waals surface area contributed by atoms with E-state index in [-0.39, 0.29) is 0 Å². The van der Waals surface area contributed by atoms with Gasteiger partial charge in [0.15, 0.2) is 0 Å². The van der Waals surface area contributed by atoms with Gasteiger partial charge < -0.3 is 14.6 Å². The zero-order valence-corrected chi connectivity index (χ0v) is 10.9. The fourth-order valence-electron chi connectivity index (χ4n) is 2.15. The molecule has 4 nitrogen and oxygen atoms in total. The summed E-state index contributed by atoms with van der Waals surface area (Å²) in [6.07, 6.45) is 6.37. The first-order valence-corrected chi connectivity index (χ1v) is 6.58. The lowest BCUT2D eigenvalue weighted by molar-refractivity contribution is 0.0486. The minimum absolute atomic E-state index is 0.637. The highest BCUT2D eigenvalue weighted by atomic mass is 16.5. The van der Waals surface area contributed by atoms with Crippen LogP contribution in [0.25, 0.3) is 0 Å². The third kappa shape index (κ3) is 3.73. The van der Waals surface area contributed by atoms with Gasteiger partial charge in [-0.15, -0.1) is 0 Å². The summed E-state index contributed by atoms with van der Waals surface area (Å²) in [5, 5.41) is 3.39. The Hall–Kier alpha value is -1.03. The van der Waals surface area contributed by atoms with Crippen LogP contribution in [0.5, 0.6) is 0 Å². The topological polar surface area (TPSA) is 39.1 Å². The Bertz CT molecular complexity index is 329. The van der Waals surface area contributed by atoms with Crippen LogP contribution in [0.4, 0.5) is 5.95 Å². The van der Waals surface area contributed by atoms with Gasteiger partial charge >= 0.3 is 0 Å². The van der Waals surface area contributed by atoms with E-state index in [0.717, 1.165) is 32.3 Å². The van der Waals surface area contributed by atoms with Gasteiger partial charge in [0.05, 0.1) is 6.61 Å². The first kappa shape index (κ1) is 12.4. The van der Waals surface area contributed by atoms with E-state index in [9.17, 15) is 0 Å². The highest BCUT2D eigenvalue weighted by Crippen LogP contribution is 2.17. The van der Waals surface area contributed by atoms with Crippen molar-refractivity contribution in [2.45, 2.75) is 33.2 Å². The number of anilines is 1. The van der Waals surface area contributed by atoms with E-state index in [1.807, 2.05) is 6.20 Å². The van der Waals surface area contributed by atoms with Crippen LogP contribution in [-0.4, -0.2) is 29.3 Å². The zero-order chi connectivity index (χ0) is 12.1. The summed E-state index contributed by atoms with van der Waals surface area (Å²) in [7, 11) is 0. The summed E-state index contributed by atoms with van der Waals surface area (Å²) in [6.45, 7) is 8.21. The Morgan fingerprint density at radius 1 is 1.59 bits per heavy atom. The van der Waals surface area contributed by atoms with Gasteiger partial charge in [0.2, 0.25) is 5.95 Å². The summed E-state index contributed by atoms with van der Waals surface area (Å²) in [6, 6.07) is 0. The predicted molar refractivity (Wildman–Crippen MR) is 69.1 cm³/mol. The molecule has 2 heterocycles. The molecule has 17 heavy (non-hydrogen) atoms. The van der Waals surface area contributed by atoms with E-state index in [0.29, 0.717) is 11.8 Å². The van der Waals surface area contributed by atoms with Gasteiger partial charge in [-0.25, -0.2) is 4.98 Å². The lowest BCUT2D eigenvalue weighted by Crippen LogP contribution is -2.23. The number of ether oxygens (including phenoxy) is 1. The normalized spacial score (nSPS) is 20.8. The Balaban J connectivity index is 1.88. The third-order valence-electron chi connectivity index (χ3n) is 3.09. The number of hydrogen-bond donors (Lipinski definition) is 1. The Morgan fingerprint density at radius 2 is 2.47 bits per heavy atom. The molecule has 0 aromatic carbocycles. The molecule has 0 bridgehead atoms. The standard InChI is InChI=1S/C13H23N3O/c1-11(2)8-15-13-14-5-6-16(13)9-12-4-3-7-17-10-12/h5-6,11-12H,3-4,7-10H2,1-2H3,(H,14,15). The van der Waals surface area contributed by atoms with E-state index in [2.05, 4.69) is 34.9 Å². The van der Waals surface area contributed by atoms with Crippen LogP contribution in [0.3, 0.4) is 0 Å². The Morgan fingerprint density at radius 3 is 3.18 bits per heavy atom. The average molecular weight is 237 g/mol. The quantitative estimate of drug-likeness (QED) is 0.854. The van der Waals surface area contributed by atoms with Crippen molar-refractivity contribution in [2.24, 2.45) is 11.8 Å². The van der Waals surface area contributed by atoms with E-state index >= 15 is 0 Å². The number of aromatic nitrogens is 2. The number of nitrogens with zero attached hydrogens (tertiary/aromatic N) is 2. The molecule has 0 amide bonds. The first-order chi connectivity index (χ1) is 8.25. The van der Waals surface area contributed by atoms with Gasteiger partial charge in [0.1, 0.15) is 0 Å². The summed E-state index contributed by atoms with van der Waals surface area (Å²) < 4.78 is 7.72. The molecule has 1 atom stereocenters. The molecule has 0 saturated carbocycles. The van der Waals surface area contributed by atoms with E-state index < -0.39 is 0 Å². The molecule has 1 aromatic rings. The molecule has 0 aliphatic carbocycles. The van der Waals surface area contributed by atoms with Gasteiger partial charge in [-0.3, -0.25) is 0 Å². The lowest BCUT2D eigenvalue weighted by atomic mass is 10.0. The lowest BCUT2D eigenvalue weighted by Gasteiger charge is -2.23.